The van der Waals surface area contributed by atoms with Gasteiger partial charge in [-0.2, -0.15) is 0 Å². The number of carbonyl (C=O) groups is 5. The van der Waals surface area contributed by atoms with Crippen LogP contribution in [0.1, 0.15) is 67.7 Å². The Morgan fingerprint density at radius 1 is 0.974 bits per heavy atom. The van der Waals surface area contributed by atoms with Crippen molar-refractivity contribution in [1.29, 1.82) is 0 Å². The number of esters is 5. The molecule has 1 N–H and O–H groups in total. The van der Waals surface area contributed by atoms with E-state index in [0.29, 0.717) is 24.0 Å². The number of hydrogen-bond donors (Lipinski definition) is 1. The summed E-state index contributed by atoms with van der Waals surface area (Å²) < 4.78 is 28.6. The van der Waals surface area contributed by atoms with E-state index in [9.17, 15) is 29.1 Å². The van der Waals surface area contributed by atoms with Crippen molar-refractivity contribution in [3.63, 3.8) is 0 Å². The van der Waals surface area contributed by atoms with Crippen LogP contribution in [0.25, 0.3) is 0 Å². The fourth-order valence-corrected chi connectivity index (χ4v) is 6.40. The van der Waals surface area contributed by atoms with E-state index in [1.807, 2.05) is 0 Å². The van der Waals surface area contributed by atoms with Crippen LogP contribution in [-0.2, 0) is 47.7 Å². The van der Waals surface area contributed by atoms with Crippen molar-refractivity contribution in [3.8, 4) is 0 Å². The van der Waals surface area contributed by atoms with Crippen molar-refractivity contribution in [1.82, 2.24) is 0 Å². The fourth-order valence-electron chi connectivity index (χ4n) is 6.40. The molecule has 0 radical (unpaired) electrons. The molecule has 1 aliphatic heterocycles. The minimum absolute atomic E-state index is 0.0546. The molecule has 0 aromatic carbocycles. The maximum Gasteiger partial charge on any atom is 0.312 e. The molecule has 2 aliphatic carbocycles. The average molecular weight is 551 g/mol. The van der Waals surface area contributed by atoms with Crippen LogP contribution >= 0.6 is 0 Å². The smallest absolute Gasteiger partial charge is 0.312 e. The number of fused-ring (bicyclic) bond motifs is 2. The molecule has 1 saturated carbocycles. The van der Waals surface area contributed by atoms with Gasteiger partial charge in [-0.1, -0.05) is 19.1 Å². The lowest BCUT2D eigenvalue weighted by molar-refractivity contribution is -0.221. The van der Waals surface area contributed by atoms with Crippen LogP contribution in [-0.4, -0.2) is 71.1 Å². The van der Waals surface area contributed by atoms with Gasteiger partial charge < -0.3 is 28.8 Å². The first kappa shape index (κ1) is 30.3. The Morgan fingerprint density at radius 3 is 2.05 bits per heavy atom. The maximum absolute atomic E-state index is 12.9. The highest BCUT2D eigenvalue weighted by atomic mass is 16.6. The first-order valence-electron chi connectivity index (χ1n) is 13.0. The molecule has 1 saturated heterocycles. The van der Waals surface area contributed by atoms with E-state index in [1.165, 1.54) is 40.7 Å². The molecule has 9 atom stereocenters. The van der Waals surface area contributed by atoms with Gasteiger partial charge in [0.15, 0.2) is 11.7 Å². The Hall–Kier alpha value is -3.21. The van der Waals surface area contributed by atoms with Gasteiger partial charge in [-0.3, -0.25) is 24.0 Å². The average Bonchev–Trinajstić information content (AvgIpc) is 3.01. The topological polar surface area (TPSA) is 152 Å². The lowest BCUT2D eigenvalue weighted by atomic mass is 9.54. The highest BCUT2D eigenvalue weighted by molar-refractivity contribution is 5.78. The molecule has 0 aromatic rings. The standard InChI is InChI=1S/C28H38O11/c1-13-9-10-21(36-17(5)30)27(8)22(37-18(6)31)12-20(35-16(4)29)14(2)11-23-28(34,15(3)26(33)39-23)25(24(13)27)38-19(7)32/h11,15,20-25,34H,1,9-10,12H2,2-8H3/b14-11-/t15-,20-,21-,22-,23-,24+,25-,27+,28-/m0/s1. The summed E-state index contributed by atoms with van der Waals surface area (Å²) in [6, 6.07) is 0. The fraction of sp³-hybridized carbons (Fsp3) is 0.679. The van der Waals surface area contributed by atoms with Crippen molar-refractivity contribution in [2.24, 2.45) is 17.3 Å². The zero-order valence-electron chi connectivity index (χ0n) is 23.5. The van der Waals surface area contributed by atoms with Gasteiger partial charge in [-0.25, -0.2) is 0 Å². The van der Waals surface area contributed by atoms with E-state index in [-0.39, 0.29) is 6.42 Å². The predicted octanol–water partition coefficient (Wildman–Crippen LogP) is 2.33. The van der Waals surface area contributed by atoms with Crippen LogP contribution in [0.15, 0.2) is 23.8 Å². The molecule has 39 heavy (non-hydrogen) atoms. The summed E-state index contributed by atoms with van der Waals surface area (Å²) in [5.74, 6) is -5.42. The Morgan fingerprint density at radius 2 is 1.51 bits per heavy atom. The van der Waals surface area contributed by atoms with Crippen molar-refractivity contribution in [3.05, 3.63) is 23.8 Å². The van der Waals surface area contributed by atoms with Gasteiger partial charge in [0.1, 0.15) is 24.4 Å². The van der Waals surface area contributed by atoms with Gasteiger partial charge in [0.2, 0.25) is 0 Å². The third-order valence-corrected chi connectivity index (χ3v) is 8.30. The second-order valence-corrected chi connectivity index (χ2v) is 11.0. The molecule has 0 unspecified atom stereocenters. The monoisotopic (exact) mass is 550 g/mol. The molecule has 11 heteroatoms. The van der Waals surface area contributed by atoms with E-state index in [2.05, 4.69) is 6.58 Å². The minimum atomic E-state index is -2.10. The van der Waals surface area contributed by atoms with E-state index in [0.717, 1.165) is 0 Å². The Kier molecular flexibility index (Phi) is 8.64. The third kappa shape index (κ3) is 5.59. The van der Waals surface area contributed by atoms with Crippen LogP contribution in [0.5, 0.6) is 0 Å². The van der Waals surface area contributed by atoms with Crippen molar-refractivity contribution in [2.45, 2.75) is 104 Å². The summed E-state index contributed by atoms with van der Waals surface area (Å²) in [5, 5.41) is 12.3. The van der Waals surface area contributed by atoms with E-state index < -0.39 is 83.2 Å². The van der Waals surface area contributed by atoms with Gasteiger partial charge in [0, 0.05) is 40.0 Å². The predicted molar refractivity (Wildman–Crippen MR) is 135 cm³/mol. The van der Waals surface area contributed by atoms with Gasteiger partial charge in [0.05, 0.1) is 11.3 Å². The minimum Gasteiger partial charge on any atom is -0.462 e. The molecule has 1 heterocycles. The second-order valence-electron chi connectivity index (χ2n) is 11.0. The van der Waals surface area contributed by atoms with Crippen LogP contribution in [0, 0.1) is 17.3 Å². The molecular weight excluding hydrogens is 512 g/mol. The van der Waals surface area contributed by atoms with Crippen LogP contribution in [0.3, 0.4) is 0 Å². The molecule has 0 bridgehead atoms. The maximum atomic E-state index is 12.9. The van der Waals surface area contributed by atoms with Crippen LogP contribution in [0.2, 0.25) is 0 Å². The summed E-state index contributed by atoms with van der Waals surface area (Å²) in [5.41, 5.74) is -2.51. The Balaban J connectivity index is 2.41. The largest absolute Gasteiger partial charge is 0.462 e. The molecule has 3 aliphatic rings. The SMILES string of the molecule is C=C1CC[C@H](OC(C)=O)[C@]2(C)[C@@H](OC(C)=O)C[C@H](OC(C)=O)/C(C)=C\[C@@H]3OC(=O)[C@H](C)[C@@]3(O)[C@@H](OC(C)=O)[C@@H]12. The Bertz CT molecular complexity index is 1090. The molecule has 0 spiro atoms. The first-order chi connectivity index (χ1) is 18.0. The summed E-state index contributed by atoms with van der Waals surface area (Å²) in [6.45, 7) is 13.9. The number of hydrogen-bond acceptors (Lipinski definition) is 11. The summed E-state index contributed by atoms with van der Waals surface area (Å²) >= 11 is 0. The summed E-state index contributed by atoms with van der Waals surface area (Å²) in [7, 11) is 0. The summed E-state index contributed by atoms with van der Waals surface area (Å²) in [6.07, 6.45) is -3.56. The number of carbonyl (C=O) groups excluding carboxylic acids is 5. The molecule has 216 valence electrons. The van der Waals surface area contributed by atoms with Crippen LogP contribution < -0.4 is 0 Å². The van der Waals surface area contributed by atoms with Gasteiger partial charge in [-0.05, 0) is 38.3 Å². The first-order valence-corrected chi connectivity index (χ1v) is 13.0. The normalized spacial score (nSPS) is 39.6. The highest BCUT2D eigenvalue weighted by Crippen LogP contribution is 2.56. The zero-order chi connectivity index (χ0) is 29.4. The van der Waals surface area contributed by atoms with Gasteiger partial charge in [0.25, 0.3) is 0 Å². The van der Waals surface area contributed by atoms with E-state index in [4.69, 9.17) is 23.7 Å². The van der Waals surface area contributed by atoms with Crippen molar-refractivity contribution < 1.29 is 52.8 Å². The van der Waals surface area contributed by atoms with E-state index in [1.54, 1.807) is 13.8 Å². The van der Waals surface area contributed by atoms with Crippen LogP contribution in [0.4, 0.5) is 0 Å². The number of ether oxygens (including phenoxy) is 5. The molecule has 3 rings (SSSR count). The van der Waals surface area contributed by atoms with Gasteiger partial charge >= 0.3 is 29.8 Å². The molecule has 11 nitrogen and oxygen atoms in total. The molecule has 0 amide bonds. The van der Waals surface area contributed by atoms with E-state index >= 15 is 0 Å². The molecular formula is C28H38O11. The van der Waals surface area contributed by atoms with Crippen molar-refractivity contribution >= 4 is 29.8 Å². The highest BCUT2D eigenvalue weighted by Gasteiger charge is 2.67. The lowest BCUT2D eigenvalue weighted by Crippen LogP contribution is -2.66. The quantitative estimate of drug-likeness (QED) is 0.312. The zero-order valence-corrected chi connectivity index (χ0v) is 23.5. The Labute approximate surface area is 227 Å². The second kappa shape index (κ2) is 11.1. The lowest BCUT2D eigenvalue weighted by Gasteiger charge is -2.55. The molecule has 0 aromatic heterocycles. The number of aliphatic hydroxyl groups is 1. The third-order valence-electron chi connectivity index (χ3n) is 8.30. The summed E-state index contributed by atoms with van der Waals surface area (Å²) in [4.78, 5) is 62.1. The van der Waals surface area contributed by atoms with Crippen molar-refractivity contribution in [2.75, 3.05) is 0 Å². The molecule has 2 fully saturated rings. The number of rotatable bonds is 4. The van der Waals surface area contributed by atoms with Gasteiger partial charge in [-0.15, -0.1) is 0 Å².